The topological polar surface area (TPSA) is 109 Å². The highest BCUT2D eigenvalue weighted by atomic mass is 32.2. The smallest absolute Gasteiger partial charge is 0.364 e. The van der Waals surface area contributed by atoms with Gasteiger partial charge in [0.25, 0.3) is 0 Å². The van der Waals surface area contributed by atoms with Crippen LogP contribution in [0.4, 0.5) is 0 Å². The first kappa shape index (κ1) is 20.0. The molecule has 2 fully saturated rings. The number of benzene rings is 1. The molecule has 0 radical (unpaired) electrons. The molecule has 2 N–H and O–H groups in total. The van der Waals surface area contributed by atoms with Crippen molar-refractivity contribution in [3.05, 3.63) is 35.5 Å². The van der Waals surface area contributed by atoms with Gasteiger partial charge in [-0.1, -0.05) is 18.2 Å². The molecule has 5 atom stereocenters. The van der Waals surface area contributed by atoms with Gasteiger partial charge in [-0.05, 0) is 49.1 Å². The lowest BCUT2D eigenvalue weighted by Gasteiger charge is -2.51. The summed E-state index contributed by atoms with van der Waals surface area (Å²) >= 11 is 0. The SMILES string of the molecule is COC(=O)[C@@H]1[C@H]2C[C@H]3c4c(c5ccccc5n4S(=O)(=O)O)CCN3C[C@@H]2CC[C@@H]1O. The maximum atomic E-state index is 12.5. The number of piperidine rings is 1. The number of methoxy groups -OCH3 is 1. The lowest BCUT2D eigenvalue weighted by Crippen LogP contribution is -2.53. The molecule has 9 heteroatoms. The molecule has 30 heavy (non-hydrogen) atoms. The van der Waals surface area contributed by atoms with Crippen LogP contribution in [0.15, 0.2) is 24.3 Å². The van der Waals surface area contributed by atoms with Crippen LogP contribution in [0.5, 0.6) is 0 Å². The average molecular weight is 435 g/mol. The highest BCUT2D eigenvalue weighted by Gasteiger charge is 2.50. The van der Waals surface area contributed by atoms with Gasteiger partial charge in [-0.25, -0.2) is 3.97 Å². The number of para-hydroxylation sites is 1. The second-order valence-corrected chi connectivity index (χ2v) is 10.00. The lowest BCUT2D eigenvalue weighted by molar-refractivity contribution is -0.160. The highest BCUT2D eigenvalue weighted by Crippen LogP contribution is 2.50. The first-order valence-electron chi connectivity index (χ1n) is 10.4. The van der Waals surface area contributed by atoms with Crippen LogP contribution >= 0.6 is 0 Å². The number of hydrogen-bond acceptors (Lipinski definition) is 6. The van der Waals surface area contributed by atoms with Crippen LogP contribution in [0.2, 0.25) is 0 Å². The molecule has 1 aromatic heterocycles. The number of ether oxygens (including phenoxy) is 1. The van der Waals surface area contributed by atoms with Crippen molar-refractivity contribution in [1.29, 1.82) is 0 Å². The van der Waals surface area contributed by atoms with Gasteiger partial charge in [0, 0.05) is 18.5 Å². The van der Waals surface area contributed by atoms with E-state index < -0.39 is 28.3 Å². The summed E-state index contributed by atoms with van der Waals surface area (Å²) in [5.74, 6) is -0.859. The third kappa shape index (κ3) is 2.90. The number of hydrogen-bond donors (Lipinski definition) is 2. The Bertz CT molecular complexity index is 1110. The first-order valence-corrected chi connectivity index (χ1v) is 11.8. The molecule has 1 saturated carbocycles. The molecule has 3 heterocycles. The number of esters is 1. The Morgan fingerprint density at radius 1 is 1.23 bits per heavy atom. The zero-order valence-corrected chi connectivity index (χ0v) is 17.6. The Kier molecular flexibility index (Phi) is 4.70. The molecule has 2 aliphatic heterocycles. The Hall–Kier alpha value is -1.94. The van der Waals surface area contributed by atoms with E-state index in [4.69, 9.17) is 4.74 Å². The number of nitrogens with zero attached hydrogens (tertiary/aromatic N) is 2. The van der Waals surface area contributed by atoms with Gasteiger partial charge in [0.2, 0.25) is 0 Å². The molecular weight excluding hydrogens is 408 g/mol. The number of aliphatic hydroxyl groups is 1. The van der Waals surface area contributed by atoms with Gasteiger partial charge in [-0.3, -0.25) is 14.2 Å². The van der Waals surface area contributed by atoms with Crippen molar-refractivity contribution in [1.82, 2.24) is 8.87 Å². The van der Waals surface area contributed by atoms with Crippen LogP contribution in [-0.4, -0.2) is 59.2 Å². The summed E-state index contributed by atoms with van der Waals surface area (Å²) in [5.41, 5.74) is 2.00. The minimum Gasteiger partial charge on any atom is -0.469 e. The summed E-state index contributed by atoms with van der Waals surface area (Å²) in [6.45, 7) is 1.54. The largest absolute Gasteiger partial charge is 0.469 e. The highest BCUT2D eigenvalue weighted by molar-refractivity contribution is 7.84. The van der Waals surface area contributed by atoms with Gasteiger partial charge < -0.3 is 9.84 Å². The van der Waals surface area contributed by atoms with Crippen LogP contribution in [0, 0.1) is 17.8 Å². The second-order valence-electron chi connectivity index (χ2n) is 8.74. The van der Waals surface area contributed by atoms with Crippen molar-refractivity contribution in [2.45, 2.75) is 37.8 Å². The molecule has 5 rings (SSSR count). The van der Waals surface area contributed by atoms with E-state index in [-0.39, 0.29) is 17.9 Å². The number of carbonyl (C=O) groups excluding carboxylic acids is 1. The van der Waals surface area contributed by atoms with E-state index in [2.05, 4.69) is 4.90 Å². The Morgan fingerprint density at radius 2 is 2.00 bits per heavy atom. The van der Waals surface area contributed by atoms with Crippen LogP contribution in [0.25, 0.3) is 10.9 Å². The summed E-state index contributed by atoms with van der Waals surface area (Å²) in [5, 5.41) is 11.4. The molecule has 0 bridgehead atoms. The summed E-state index contributed by atoms with van der Waals surface area (Å²) in [6.07, 6.45) is 1.89. The summed E-state index contributed by atoms with van der Waals surface area (Å²) in [6, 6.07) is 6.97. The van der Waals surface area contributed by atoms with E-state index in [9.17, 15) is 22.9 Å². The van der Waals surface area contributed by atoms with Crippen molar-refractivity contribution in [2.75, 3.05) is 20.2 Å². The monoisotopic (exact) mass is 434 g/mol. The predicted octanol–water partition coefficient (Wildman–Crippen LogP) is 1.77. The first-order chi connectivity index (χ1) is 14.3. The molecular formula is C21H26N2O6S. The number of rotatable bonds is 2. The van der Waals surface area contributed by atoms with Crippen LogP contribution < -0.4 is 0 Å². The van der Waals surface area contributed by atoms with E-state index in [1.807, 2.05) is 12.1 Å². The fourth-order valence-corrected chi connectivity index (χ4v) is 7.05. The minimum absolute atomic E-state index is 0.0961. The fourth-order valence-electron chi connectivity index (χ4n) is 6.16. The number of fused-ring (bicyclic) bond motifs is 6. The molecule has 1 saturated heterocycles. The maximum absolute atomic E-state index is 12.5. The third-order valence-corrected chi connectivity index (χ3v) is 8.22. The lowest BCUT2D eigenvalue weighted by atomic mass is 9.65. The predicted molar refractivity (Wildman–Crippen MR) is 109 cm³/mol. The molecule has 0 unspecified atom stereocenters. The van der Waals surface area contributed by atoms with Crippen molar-refractivity contribution in [2.24, 2.45) is 17.8 Å². The van der Waals surface area contributed by atoms with Crippen LogP contribution in [-0.2, 0) is 26.3 Å². The molecule has 3 aliphatic rings. The minimum atomic E-state index is -4.50. The summed E-state index contributed by atoms with van der Waals surface area (Å²) in [4.78, 5) is 14.7. The normalized spacial score (nSPS) is 31.6. The van der Waals surface area contributed by atoms with E-state index in [1.165, 1.54) is 7.11 Å². The van der Waals surface area contributed by atoms with Crippen molar-refractivity contribution in [3.8, 4) is 0 Å². The Labute approximate surface area is 175 Å². The number of carbonyl (C=O) groups is 1. The van der Waals surface area contributed by atoms with Gasteiger partial charge >= 0.3 is 16.3 Å². The molecule has 1 aromatic carbocycles. The zero-order chi connectivity index (χ0) is 21.2. The summed E-state index contributed by atoms with van der Waals surface area (Å²) in [7, 11) is -3.17. The quantitative estimate of drug-likeness (QED) is 0.548. The standard InChI is InChI=1S/C21H26N2O6S/c1-29-21(25)19-15-10-17-20-14(8-9-22(17)11-12(15)6-7-18(19)24)13-4-2-3-5-16(13)23(20)30(26,27)28/h2-5,12,15,17-19,24H,6-11H2,1H3,(H,26,27,28)/t12-,15-,17-,18-,19+/m0/s1. The average Bonchev–Trinajstić information content (AvgIpc) is 3.07. The Balaban J connectivity index is 1.64. The van der Waals surface area contributed by atoms with E-state index in [0.29, 0.717) is 30.5 Å². The second kappa shape index (κ2) is 7.05. The van der Waals surface area contributed by atoms with E-state index in [1.54, 1.807) is 12.1 Å². The molecule has 8 nitrogen and oxygen atoms in total. The maximum Gasteiger partial charge on any atom is 0.364 e. The number of aliphatic hydroxyl groups excluding tert-OH is 1. The molecule has 1 aliphatic carbocycles. The summed E-state index contributed by atoms with van der Waals surface area (Å²) < 4.78 is 40.9. The molecule has 0 amide bonds. The molecule has 0 spiro atoms. The number of aromatic nitrogens is 1. The van der Waals surface area contributed by atoms with E-state index >= 15 is 0 Å². The van der Waals surface area contributed by atoms with Gasteiger partial charge in [0.05, 0.1) is 36.4 Å². The van der Waals surface area contributed by atoms with E-state index in [0.717, 1.165) is 34.4 Å². The van der Waals surface area contributed by atoms with Crippen molar-refractivity contribution in [3.63, 3.8) is 0 Å². The van der Waals surface area contributed by atoms with Crippen molar-refractivity contribution < 1.29 is 27.6 Å². The van der Waals surface area contributed by atoms with Crippen LogP contribution in [0.3, 0.4) is 0 Å². The molecule has 162 valence electrons. The molecule has 2 aromatic rings. The zero-order valence-electron chi connectivity index (χ0n) is 16.8. The van der Waals surface area contributed by atoms with Crippen LogP contribution in [0.1, 0.15) is 36.6 Å². The third-order valence-electron chi connectivity index (χ3n) is 7.36. The van der Waals surface area contributed by atoms with Gasteiger partial charge in [0.15, 0.2) is 0 Å². The van der Waals surface area contributed by atoms with Gasteiger partial charge in [-0.15, -0.1) is 0 Å². The fraction of sp³-hybridized carbons (Fsp3) is 0.571. The van der Waals surface area contributed by atoms with Gasteiger partial charge in [-0.2, -0.15) is 8.42 Å². The van der Waals surface area contributed by atoms with Gasteiger partial charge in [0.1, 0.15) is 0 Å². The Morgan fingerprint density at radius 3 is 2.73 bits per heavy atom. The van der Waals surface area contributed by atoms with Crippen molar-refractivity contribution >= 4 is 27.2 Å².